The molecule has 2 nitrogen and oxygen atoms in total. The molecule has 0 fully saturated rings. The number of hydrogen-bond acceptors (Lipinski definition) is 2. The van der Waals surface area contributed by atoms with Gasteiger partial charge in [0.2, 0.25) is 0 Å². The third-order valence-corrected chi connectivity index (χ3v) is 4.25. The first-order valence-corrected chi connectivity index (χ1v) is 8.99. The molecule has 1 rings (SSSR count). The Morgan fingerprint density at radius 1 is 0.909 bits per heavy atom. The van der Waals surface area contributed by atoms with E-state index in [0.717, 1.165) is 13.2 Å². The van der Waals surface area contributed by atoms with Gasteiger partial charge in [0.1, 0.15) is 0 Å². The van der Waals surface area contributed by atoms with Crippen LogP contribution in [0.5, 0.6) is 0 Å². The molecule has 1 aromatic rings. The summed E-state index contributed by atoms with van der Waals surface area (Å²) in [6.07, 6.45) is 10.8. The standard InChI is InChI=1S/C20H35NO/c1-5-6-7-8-9-10-11-12-15-22-17-19-16-20(21(3)4)14-13-18(19)2/h13-14,16H,5-12,15,17H2,1-4H3. The van der Waals surface area contributed by atoms with Crippen molar-refractivity contribution < 1.29 is 4.74 Å². The first kappa shape index (κ1) is 19.0. The van der Waals surface area contributed by atoms with Crippen molar-refractivity contribution >= 4 is 5.69 Å². The van der Waals surface area contributed by atoms with Crippen LogP contribution in [0.25, 0.3) is 0 Å². The summed E-state index contributed by atoms with van der Waals surface area (Å²) in [5.74, 6) is 0. The fourth-order valence-corrected chi connectivity index (χ4v) is 2.61. The van der Waals surface area contributed by atoms with Crippen LogP contribution in [-0.2, 0) is 11.3 Å². The first-order valence-electron chi connectivity index (χ1n) is 8.99. The molecular formula is C20H35NO. The zero-order valence-corrected chi connectivity index (χ0v) is 15.2. The first-order chi connectivity index (χ1) is 10.6. The molecule has 0 spiro atoms. The molecule has 1 aromatic carbocycles. The van der Waals surface area contributed by atoms with Gasteiger partial charge in [-0.15, -0.1) is 0 Å². The lowest BCUT2D eigenvalue weighted by molar-refractivity contribution is 0.116. The van der Waals surface area contributed by atoms with Gasteiger partial charge in [-0.2, -0.15) is 0 Å². The number of nitrogens with zero attached hydrogens (tertiary/aromatic N) is 1. The van der Waals surface area contributed by atoms with Crippen LogP contribution in [0.15, 0.2) is 18.2 Å². The molecule has 0 amide bonds. The molecule has 0 atom stereocenters. The average Bonchev–Trinajstić information content (AvgIpc) is 2.50. The summed E-state index contributed by atoms with van der Waals surface area (Å²) >= 11 is 0. The highest BCUT2D eigenvalue weighted by Crippen LogP contribution is 2.18. The van der Waals surface area contributed by atoms with E-state index in [-0.39, 0.29) is 0 Å². The molecule has 0 aliphatic heterocycles. The molecule has 126 valence electrons. The summed E-state index contributed by atoms with van der Waals surface area (Å²) in [4.78, 5) is 2.14. The fourth-order valence-electron chi connectivity index (χ4n) is 2.61. The summed E-state index contributed by atoms with van der Waals surface area (Å²) in [6.45, 7) is 6.06. The molecule has 0 saturated heterocycles. The van der Waals surface area contributed by atoms with Crippen LogP contribution in [0.3, 0.4) is 0 Å². The summed E-state index contributed by atoms with van der Waals surface area (Å²) in [6, 6.07) is 6.59. The van der Waals surface area contributed by atoms with Crippen LogP contribution in [0.2, 0.25) is 0 Å². The molecule has 22 heavy (non-hydrogen) atoms. The van der Waals surface area contributed by atoms with E-state index < -0.39 is 0 Å². The smallest absolute Gasteiger partial charge is 0.0720 e. The minimum absolute atomic E-state index is 0.740. The average molecular weight is 306 g/mol. The van der Waals surface area contributed by atoms with Gasteiger partial charge in [-0.25, -0.2) is 0 Å². The van der Waals surface area contributed by atoms with E-state index in [4.69, 9.17) is 4.74 Å². The van der Waals surface area contributed by atoms with Crippen molar-refractivity contribution in [1.82, 2.24) is 0 Å². The monoisotopic (exact) mass is 305 g/mol. The minimum Gasteiger partial charge on any atom is -0.378 e. The van der Waals surface area contributed by atoms with Crippen molar-refractivity contribution in [2.45, 2.75) is 71.8 Å². The molecule has 0 saturated carbocycles. The maximum absolute atomic E-state index is 5.86. The molecule has 0 radical (unpaired) electrons. The van der Waals surface area contributed by atoms with E-state index in [0.29, 0.717) is 0 Å². The number of ether oxygens (including phenoxy) is 1. The number of rotatable bonds is 12. The molecule has 0 unspecified atom stereocenters. The highest BCUT2D eigenvalue weighted by Gasteiger charge is 2.02. The summed E-state index contributed by atoms with van der Waals surface area (Å²) in [5.41, 5.74) is 3.88. The Bertz CT molecular complexity index is 401. The Labute approximate surface area is 137 Å². The summed E-state index contributed by atoms with van der Waals surface area (Å²) in [5, 5.41) is 0. The van der Waals surface area contributed by atoms with E-state index in [2.05, 4.69) is 51.0 Å². The van der Waals surface area contributed by atoms with Gasteiger partial charge in [-0.3, -0.25) is 0 Å². The highest BCUT2D eigenvalue weighted by atomic mass is 16.5. The molecule has 0 heterocycles. The van der Waals surface area contributed by atoms with Gasteiger partial charge in [-0.1, -0.05) is 57.9 Å². The normalized spacial score (nSPS) is 10.9. The molecule has 0 aliphatic carbocycles. The summed E-state index contributed by atoms with van der Waals surface area (Å²) in [7, 11) is 4.16. The molecule has 0 bridgehead atoms. The number of benzene rings is 1. The number of unbranched alkanes of at least 4 members (excludes halogenated alkanes) is 7. The van der Waals surface area contributed by atoms with Crippen molar-refractivity contribution in [3.63, 3.8) is 0 Å². The third kappa shape index (κ3) is 7.84. The molecular weight excluding hydrogens is 270 g/mol. The Morgan fingerprint density at radius 2 is 1.55 bits per heavy atom. The topological polar surface area (TPSA) is 12.5 Å². The third-order valence-electron chi connectivity index (χ3n) is 4.25. The van der Waals surface area contributed by atoms with Crippen molar-refractivity contribution in [3.8, 4) is 0 Å². The van der Waals surface area contributed by atoms with Crippen molar-refractivity contribution in [1.29, 1.82) is 0 Å². The highest BCUT2D eigenvalue weighted by molar-refractivity contribution is 5.49. The van der Waals surface area contributed by atoms with Crippen LogP contribution in [0.4, 0.5) is 5.69 Å². The van der Waals surface area contributed by atoms with E-state index in [1.807, 2.05) is 0 Å². The molecule has 0 aromatic heterocycles. The van der Waals surface area contributed by atoms with Crippen molar-refractivity contribution in [3.05, 3.63) is 29.3 Å². The van der Waals surface area contributed by atoms with Gasteiger partial charge < -0.3 is 9.64 Å². The van der Waals surface area contributed by atoms with E-state index in [1.54, 1.807) is 0 Å². The van der Waals surface area contributed by atoms with Gasteiger partial charge in [0.25, 0.3) is 0 Å². The van der Waals surface area contributed by atoms with Crippen LogP contribution < -0.4 is 4.90 Å². The fraction of sp³-hybridized carbons (Fsp3) is 0.700. The Kier molecular flexibility index (Phi) is 9.98. The van der Waals surface area contributed by atoms with E-state index >= 15 is 0 Å². The van der Waals surface area contributed by atoms with Gasteiger partial charge in [0.15, 0.2) is 0 Å². The van der Waals surface area contributed by atoms with Crippen LogP contribution >= 0.6 is 0 Å². The quantitative estimate of drug-likeness (QED) is 0.458. The summed E-state index contributed by atoms with van der Waals surface area (Å²) < 4.78 is 5.86. The Hall–Kier alpha value is -1.02. The second-order valence-corrected chi connectivity index (χ2v) is 6.53. The lowest BCUT2D eigenvalue weighted by atomic mass is 10.1. The van der Waals surface area contributed by atoms with Crippen molar-refractivity contribution in [2.75, 3.05) is 25.6 Å². The van der Waals surface area contributed by atoms with Gasteiger partial charge in [0.05, 0.1) is 6.61 Å². The molecule has 0 N–H and O–H groups in total. The second-order valence-electron chi connectivity index (χ2n) is 6.53. The maximum Gasteiger partial charge on any atom is 0.0720 e. The van der Waals surface area contributed by atoms with Crippen molar-refractivity contribution in [2.24, 2.45) is 0 Å². The van der Waals surface area contributed by atoms with Crippen LogP contribution in [0, 0.1) is 6.92 Å². The predicted molar refractivity (Wildman–Crippen MR) is 97.8 cm³/mol. The Balaban J connectivity index is 2.11. The number of aryl methyl sites for hydroxylation is 1. The predicted octanol–water partition coefficient (Wildman–Crippen LogP) is 5.72. The lowest BCUT2D eigenvalue weighted by Gasteiger charge is -2.15. The van der Waals surface area contributed by atoms with Gasteiger partial charge in [-0.05, 0) is 36.6 Å². The maximum atomic E-state index is 5.86. The zero-order valence-electron chi connectivity index (χ0n) is 15.2. The minimum atomic E-state index is 0.740. The Morgan fingerprint density at radius 3 is 2.18 bits per heavy atom. The zero-order chi connectivity index (χ0) is 16.2. The van der Waals surface area contributed by atoms with E-state index in [1.165, 1.54) is 68.2 Å². The molecule has 0 aliphatic rings. The SMILES string of the molecule is CCCCCCCCCCOCc1cc(N(C)C)ccc1C. The molecule has 2 heteroatoms. The largest absolute Gasteiger partial charge is 0.378 e. The lowest BCUT2D eigenvalue weighted by Crippen LogP contribution is -2.09. The number of anilines is 1. The number of hydrogen-bond donors (Lipinski definition) is 0. The van der Waals surface area contributed by atoms with Crippen LogP contribution in [-0.4, -0.2) is 20.7 Å². The van der Waals surface area contributed by atoms with Crippen LogP contribution in [0.1, 0.15) is 69.4 Å². The van der Waals surface area contributed by atoms with Gasteiger partial charge in [0, 0.05) is 26.4 Å². The van der Waals surface area contributed by atoms with Gasteiger partial charge >= 0.3 is 0 Å². The second kappa shape index (κ2) is 11.5. The van der Waals surface area contributed by atoms with E-state index in [9.17, 15) is 0 Å².